The Kier molecular flexibility index (Phi) is 8.31. The number of benzene rings is 2. The van der Waals surface area contributed by atoms with Gasteiger partial charge >= 0.3 is 5.97 Å². The summed E-state index contributed by atoms with van der Waals surface area (Å²) in [6.07, 6.45) is 5.63. The van der Waals surface area contributed by atoms with Crippen molar-refractivity contribution < 1.29 is 28.2 Å². The molecule has 2 unspecified atom stereocenters. The Morgan fingerprint density at radius 3 is 2.64 bits per heavy atom. The maximum atomic E-state index is 16.9. The largest absolute Gasteiger partial charge is 0.495 e. The Morgan fingerprint density at radius 2 is 1.98 bits per heavy atom. The van der Waals surface area contributed by atoms with Crippen LogP contribution in [0.2, 0.25) is 5.02 Å². The summed E-state index contributed by atoms with van der Waals surface area (Å²) < 4.78 is 27.3. The van der Waals surface area contributed by atoms with E-state index in [0.29, 0.717) is 59.1 Å². The number of nitrogens with one attached hydrogen (secondary N) is 1. The molecule has 2 aromatic carbocycles. The number of amides is 2. The molecule has 11 heteroatoms. The number of esters is 1. The Morgan fingerprint density at radius 1 is 1.22 bits per heavy atom. The summed E-state index contributed by atoms with van der Waals surface area (Å²) >= 11 is 12.2. The van der Waals surface area contributed by atoms with Crippen molar-refractivity contribution in [2.75, 3.05) is 37.5 Å². The van der Waals surface area contributed by atoms with Crippen molar-refractivity contribution in [1.29, 1.82) is 0 Å². The van der Waals surface area contributed by atoms with Gasteiger partial charge in [-0.1, -0.05) is 48.8 Å². The van der Waals surface area contributed by atoms with E-state index in [1.807, 2.05) is 0 Å². The van der Waals surface area contributed by atoms with Gasteiger partial charge < -0.3 is 19.7 Å². The molecule has 1 N–H and O–H groups in total. The average Bonchev–Trinajstić information content (AvgIpc) is 3.52. The first kappa shape index (κ1) is 31.3. The van der Waals surface area contributed by atoms with Gasteiger partial charge in [0, 0.05) is 40.4 Å². The van der Waals surface area contributed by atoms with E-state index in [2.05, 4.69) is 23.7 Å². The molecular weight excluding hydrogens is 620 g/mol. The second-order valence-corrected chi connectivity index (χ2v) is 13.0. The smallest absolute Gasteiger partial charge is 0.337 e. The zero-order valence-corrected chi connectivity index (χ0v) is 26.7. The lowest BCUT2D eigenvalue weighted by Gasteiger charge is -2.40. The van der Waals surface area contributed by atoms with Crippen molar-refractivity contribution in [2.45, 2.75) is 31.3 Å². The Labute approximate surface area is 271 Å². The van der Waals surface area contributed by atoms with Gasteiger partial charge in [0.1, 0.15) is 17.1 Å². The number of rotatable bonds is 8. The van der Waals surface area contributed by atoms with Crippen LogP contribution in [0, 0.1) is 23.7 Å². The molecule has 2 saturated heterocycles. The number of likely N-dealkylation sites (tertiary alicyclic amines) is 1. The van der Waals surface area contributed by atoms with Crippen LogP contribution in [0.25, 0.3) is 0 Å². The summed E-state index contributed by atoms with van der Waals surface area (Å²) in [4.78, 5) is 44.9. The number of halogens is 3. The monoisotopic (exact) mass is 653 g/mol. The second-order valence-electron chi connectivity index (χ2n) is 12.1. The number of carbonyl (C=O) groups is 3. The van der Waals surface area contributed by atoms with Crippen LogP contribution in [-0.2, 0) is 19.9 Å². The molecule has 2 amide bonds. The van der Waals surface area contributed by atoms with Gasteiger partial charge in [-0.25, -0.2) is 9.18 Å². The van der Waals surface area contributed by atoms with Crippen molar-refractivity contribution in [3.05, 3.63) is 88.2 Å². The van der Waals surface area contributed by atoms with Gasteiger partial charge in [0.25, 0.3) is 0 Å². The third-order valence-electron chi connectivity index (χ3n) is 9.69. The van der Waals surface area contributed by atoms with Crippen LogP contribution in [0.5, 0.6) is 5.75 Å². The molecule has 1 saturated carbocycles. The lowest BCUT2D eigenvalue weighted by Crippen LogP contribution is -2.54. The molecule has 1 spiro atoms. The topological polar surface area (TPSA) is 88.2 Å². The predicted molar refractivity (Wildman–Crippen MR) is 171 cm³/mol. The molecule has 3 heterocycles. The fourth-order valence-corrected chi connectivity index (χ4v) is 7.73. The van der Waals surface area contributed by atoms with Gasteiger partial charge in [0.05, 0.1) is 37.3 Å². The van der Waals surface area contributed by atoms with Crippen molar-refractivity contribution in [3.63, 3.8) is 0 Å². The third-order valence-corrected chi connectivity index (χ3v) is 10.1. The minimum absolute atomic E-state index is 0.212. The van der Waals surface area contributed by atoms with Crippen molar-refractivity contribution in [1.82, 2.24) is 4.90 Å². The number of nitrogens with zero attached hydrogens (tertiary/aromatic N) is 2. The van der Waals surface area contributed by atoms with Gasteiger partial charge in [0.15, 0.2) is 0 Å². The molecular formula is C34H34Cl2FN3O5. The maximum Gasteiger partial charge on any atom is 0.337 e. The number of ether oxygens (including phenoxy) is 2. The molecule has 4 aliphatic rings. The Bertz CT molecular complexity index is 1660. The summed E-state index contributed by atoms with van der Waals surface area (Å²) in [6, 6.07) is 9.42. The zero-order valence-electron chi connectivity index (χ0n) is 25.2. The molecule has 6 atom stereocenters. The van der Waals surface area contributed by atoms with Gasteiger partial charge in [0.2, 0.25) is 11.8 Å². The van der Waals surface area contributed by atoms with Gasteiger partial charge in [-0.05, 0) is 67.2 Å². The molecule has 2 aromatic rings. The molecule has 236 valence electrons. The van der Waals surface area contributed by atoms with Crippen LogP contribution in [0.1, 0.15) is 35.7 Å². The highest BCUT2D eigenvalue weighted by molar-refractivity contribution is 6.31. The number of fused-ring (bicyclic) bond motifs is 3. The first-order valence-electron chi connectivity index (χ1n) is 14.9. The third kappa shape index (κ3) is 5.15. The van der Waals surface area contributed by atoms with E-state index in [1.54, 1.807) is 35.2 Å². The number of anilines is 2. The van der Waals surface area contributed by atoms with E-state index in [9.17, 15) is 14.4 Å². The minimum atomic E-state index is -1.49. The molecule has 3 fully saturated rings. The molecule has 1 aliphatic carbocycles. The first-order chi connectivity index (χ1) is 21.5. The summed E-state index contributed by atoms with van der Waals surface area (Å²) in [6.45, 7) is 6.64. The van der Waals surface area contributed by atoms with Gasteiger partial charge in [-0.2, -0.15) is 0 Å². The number of piperidine rings is 1. The highest BCUT2D eigenvalue weighted by Gasteiger charge is 2.70. The highest BCUT2D eigenvalue weighted by Crippen LogP contribution is 2.61. The van der Waals surface area contributed by atoms with E-state index in [0.717, 1.165) is 6.42 Å². The Hall–Kier alpha value is -3.66. The molecule has 3 aliphatic heterocycles. The number of carbonyl (C=O) groups excluding carboxylic acids is 3. The quantitative estimate of drug-likeness (QED) is 0.260. The van der Waals surface area contributed by atoms with E-state index in [-0.39, 0.29) is 22.4 Å². The fourth-order valence-electron chi connectivity index (χ4n) is 7.49. The first-order valence-corrected chi connectivity index (χ1v) is 15.6. The standard InChI is InChI=1S/C34H34Cl2FN3O5/c1-18-14-21(18)17-40-27-12-13-39(26-11-8-20(32(42)45-4)15-28(26)44-3)31(41)29(27)30(24(37)7-5-6-19(2)35)34(40)23-10-9-22(36)16-25(23)38-33(34)43/h5-11,15-16,18,21,27,29-30H,2,12-14,17H2,1,3-4H3,(H,38,43)/b6-5-,24-7-/t18?,21?,27-,29+,30-,34+/m0/s1. The average molecular weight is 655 g/mol. The van der Waals surface area contributed by atoms with E-state index in [4.69, 9.17) is 32.7 Å². The van der Waals surface area contributed by atoms with Crippen LogP contribution < -0.4 is 15.0 Å². The van der Waals surface area contributed by atoms with Crippen LogP contribution in [-0.4, -0.2) is 56.0 Å². The lowest BCUT2D eigenvalue weighted by molar-refractivity contribution is -0.129. The highest BCUT2D eigenvalue weighted by atomic mass is 35.5. The summed E-state index contributed by atoms with van der Waals surface area (Å²) in [7, 11) is 2.74. The zero-order chi connectivity index (χ0) is 32.2. The number of hydrogen-bond donors (Lipinski definition) is 1. The lowest BCUT2D eigenvalue weighted by atomic mass is 9.72. The van der Waals surface area contributed by atoms with E-state index in [1.165, 1.54) is 38.5 Å². The SMILES string of the molecule is C=C(Cl)/C=C\C=C(/F)[C@H]1[C@@H]2C(=O)N(c3ccc(C(=O)OC)cc3OC)CC[C@@H]2N(CC2CC2C)[C@@]12C(=O)Nc1cc(Cl)ccc12. The predicted octanol–water partition coefficient (Wildman–Crippen LogP) is 6.45. The van der Waals surface area contributed by atoms with Gasteiger partial charge in [-0.15, -0.1) is 0 Å². The minimum Gasteiger partial charge on any atom is -0.495 e. The molecule has 45 heavy (non-hydrogen) atoms. The van der Waals surface area contributed by atoms with Crippen LogP contribution in [0.15, 0.2) is 72.1 Å². The van der Waals surface area contributed by atoms with Crippen LogP contribution in [0.4, 0.5) is 15.8 Å². The number of hydrogen-bond acceptors (Lipinski definition) is 6. The summed E-state index contributed by atoms with van der Waals surface area (Å²) in [5.41, 5.74) is 0.322. The van der Waals surface area contributed by atoms with E-state index < -0.39 is 35.2 Å². The van der Waals surface area contributed by atoms with Crippen LogP contribution in [0.3, 0.4) is 0 Å². The number of allylic oxidation sites excluding steroid dienone is 4. The van der Waals surface area contributed by atoms with Crippen molar-refractivity contribution in [3.8, 4) is 5.75 Å². The fraction of sp³-hybridized carbons (Fsp3) is 0.382. The van der Waals surface area contributed by atoms with E-state index >= 15 is 4.39 Å². The maximum absolute atomic E-state index is 16.9. The number of methoxy groups -OCH3 is 2. The molecule has 6 rings (SSSR count). The molecule has 0 radical (unpaired) electrons. The van der Waals surface area contributed by atoms with Gasteiger partial charge in [-0.3, -0.25) is 14.5 Å². The summed E-state index contributed by atoms with van der Waals surface area (Å²) in [5, 5.41) is 3.62. The normalized spacial score (nSPS) is 29.2. The molecule has 0 bridgehead atoms. The van der Waals surface area contributed by atoms with Crippen LogP contribution >= 0.6 is 23.2 Å². The van der Waals surface area contributed by atoms with Crippen molar-refractivity contribution >= 4 is 52.4 Å². The molecule has 8 nitrogen and oxygen atoms in total. The molecule has 0 aromatic heterocycles. The van der Waals surface area contributed by atoms with Crippen molar-refractivity contribution in [2.24, 2.45) is 23.7 Å². The summed E-state index contributed by atoms with van der Waals surface area (Å²) in [5.74, 6) is -2.90. The second kappa shape index (κ2) is 11.9. The Balaban J connectivity index is 1.52.